The first-order chi connectivity index (χ1) is 7.20. The fourth-order valence-electron chi connectivity index (χ4n) is 1.73. The molecule has 1 fully saturated rings. The van der Waals surface area contributed by atoms with Gasteiger partial charge in [-0.25, -0.2) is 4.98 Å². The average molecular weight is 269 g/mol. The molecule has 0 aliphatic carbocycles. The molecule has 0 saturated carbocycles. The lowest BCUT2D eigenvalue weighted by Crippen LogP contribution is -2.25. The Hall–Kier alpha value is -0.900. The molecule has 0 bridgehead atoms. The van der Waals surface area contributed by atoms with Crippen LogP contribution < -0.4 is 4.90 Å². The lowest BCUT2D eigenvalue weighted by molar-refractivity contribution is -0.117. The van der Waals surface area contributed by atoms with Crippen molar-refractivity contribution in [2.75, 3.05) is 16.8 Å². The standard InChI is InChI=1S/C11H13BrN2O/c1-8-2-3-10(13-6-8)14-7-9(5-12)4-11(14)15/h2-3,6,9H,4-5,7H2,1H3. The average Bonchev–Trinajstić information content (AvgIpc) is 2.61. The van der Waals surface area contributed by atoms with Gasteiger partial charge >= 0.3 is 0 Å². The van der Waals surface area contributed by atoms with Crippen LogP contribution >= 0.6 is 15.9 Å². The number of nitrogens with zero attached hydrogens (tertiary/aromatic N) is 2. The maximum Gasteiger partial charge on any atom is 0.228 e. The van der Waals surface area contributed by atoms with E-state index in [4.69, 9.17) is 0 Å². The molecule has 0 aromatic carbocycles. The summed E-state index contributed by atoms with van der Waals surface area (Å²) in [6, 6.07) is 3.89. The minimum Gasteiger partial charge on any atom is -0.297 e. The number of hydrogen-bond donors (Lipinski definition) is 0. The van der Waals surface area contributed by atoms with E-state index >= 15 is 0 Å². The van der Waals surface area contributed by atoms with Crippen LogP contribution in [0, 0.1) is 12.8 Å². The van der Waals surface area contributed by atoms with Gasteiger partial charge in [-0.1, -0.05) is 22.0 Å². The molecule has 0 spiro atoms. The fraction of sp³-hybridized carbons (Fsp3) is 0.455. The third kappa shape index (κ3) is 2.20. The van der Waals surface area contributed by atoms with Crippen molar-refractivity contribution >= 4 is 27.7 Å². The Morgan fingerprint density at radius 1 is 1.60 bits per heavy atom. The summed E-state index contributed by atoms with van der Waals surface area (Å²) in [7, 11) is 0. The molecule has 1 amide bonds. The number of pyridine rings is 1. The van der Waals surface area contributed by atoms with Crippen LogP contribution in [0.3, 0.4) is 0 Å². The second kappa shape index (κ2) is 4.31. The second-order valence-corrected chi connectivity index (χ2v) is 4.57. The number of hydrogen-bond acceptors (Lipinski definition) is 2. The summed E-state index contributed by atoms with van der Waals surface area (Å²) in [5.41, 5.74) is 1.11. The van der Waals surface area contributed by atoms with Gasteiger partial charge in [0.2, 0.25) is 5.91 Å². The Morgan fingerprint density at radius 2 is 2.40 bits per heavy atom. The van der Waals surface area contributed by atoms with Crippen LogP contribution in [0.25, 0.3) is 0 Å². The van der Waals surface area contributed by atoms with Crippen LogP contribution in [0.5, 0.6) is 0 Å². The minimum atomic E-state index is 0.177. The molecule has 4 heteroatoms. The van der Waals surface area contributed by atoms with E-state index in [1.807, 2.05) is 19.1 Å². The van der Waals surface area contributed by atoms with Gasteiger partial charge in [-0.15, -0.1) is 0 Å². The first-order valence-corrected chi connectivity index (χ1v) is 6.12. The van der Waals surface area contributed by atoms with E-state index < -0.39 is 0 Å². The van der Waals surface area contributed by atoms with Gasteiger partial charge in [0.15, 0.2) is 0 Å². The molecule has 2 rings (SSSR count). The Labute approximate surface area is 97.6 Å². The third-order valence-electron chi connectivity index (χ3n) is 2.60. The summed E-state index contributed by atoms with van der Waals surface area (Å²) < 4.78 is 0. The number of halogens is 1. The van der Waals surface area contributed by atoms with Gasteiger partial charge in [-0.05, 0) is 24.5 Å². The van der Waals surface area contributed by atoms with E-state index in [9.17, 15) is 4.79 Å². The van der Waals surface area contributed by atoms with E-state index in [1.54, 1.807) is 11.1 Å². The molecular weight excluding hydrogens is 256 g/mol. The number of carbonyl (C=O) groups excluding carboxylic acids is 1. The molecule has 1 aliphatic rings. The van der Waals surface area contributed by atoms with E-state index in [0.717, 1.165) is 23.3 Å². The zero-order valence-corrected chi connectivity index (χ0v) is 10.2. The normalized spacial score (nSPS) is 21.1. The number of aryl methyl sites for hydroxylation is 1. The molecular formula is C11H13BrN2O. The number of amides is 1. The van der Waals surface area contributed by atoms with Crippen LogP contribution in [0.4, 0.5) is 5.82 Å². The molecule has 80 valence electrons. The number of anilines is 1. The smallest absolute Gasteiger partial charge is 0.228 e. The third-order valence-corrected chi connectivity index (χ3v) is 3.51. The van der Waals surface area contributed by atoms with Crippen LogP contribution in [-0.4, -0.2) is 22.8 Å². The molecule has 3 nitrogen and oxygen atoms in total. The summed E-state index contributed by atoms with van der Waals surface area (Å²) >= 11 is 3.42. The number of carbonyl (C=O) groups is 1. The molecule has 1 saturated heterocycles. The lowest BCUT2D eigenvalue weighted by atomic mass is 10.2. The van der Waals surface area contributed by atoms with Gasteiger partial charge in [0.25, 0.3) is 0 Å². The summed E-state index contributed by atoms with van der Waals surface area (Å²) in [6.07, 6.45) is 2.42. The topological polar surface area (TPSA) is 33.2 Å². The van der Waals surface area contributed by atoms with E-state index in [2.05, 4.69) is 20.9 Å². The number of rotatable bonds is 2. The number of alkyl halides is 1. The van der Waals surface area contributed by atoms with E-state index in [1.165, 1.54) is 0 Å². The quantitative estimate of drug-likeness (QED) is 0.771. The summed E-state index contributed by atoms with van der Waals surface area (Å²) in [5.74, 6) is 1.37. The van der Waals surface area contributed by atoms with E-state index in [-0.39, 0.29) is 5.91 Å². The van der Waals surface area contributed by atoms with Crippen molar-refractivity contribution in [1.82, 2.24) is 4.98 Å². The van der Waals surface area contributed by atoms with Gasteiger partial charge in [-0.2, -0.15) is 0 Å². The molecule has 2 heterocycles. The zero-order chi connectivity index (χ0) is 10.8. The Morgan fingerprint density at radius 3 is 2.93 bits per heavy atom. The van der Waals surface area contributed by atoms with Crippen molar-refractivity contribution in [2.24, 2.45) is 5.92 Å². The van der Waals surface area contributed by atoms with Crippen LogP contribution in [0.2, 0.25) is 0 Å². The first-order valence-electron chi connectivity index (χ1n) is 4.99. The maximum absolute atomic E-state index is 11.7. The largest absolute Gasteiger partial charge is 0.297 e. The summed E-state index contributed by atoms with van der Waals surface area (Å²) in [5, 5.41) is 0.876. The van der Waals surface area contributed by atoms with Crippen molar-refractivity contribution in [2.45, 2.75) is 13.3 Å². The van der Waals surface area contributed by atoms with Crippen molar-refractivity contribution in [3.05, 3.63) is 23.9 Å². The maximum atomic E-state index is 11.7. The zero-order valence-electron chi connectivity index (χ0n) is 8.61. The molecule has 1 atom stereocenters. The Kier molecular flexibility index (Phi) is 3.05. The SMILES string of the molecule is Cc1ccc(N2CC(CBr)CC2=O)nc1. The summed E-state index contributed by atoms with van der Waals surface area (Å²) in [4.78, 5) is 17.7. The van der Waals surface area contributed by atoms with Gasteiger partial charge in [-0.3, -0.25) is 9.69 Å². The molecule has 15 heavy (non-hydrogen) atoms. The predicted molar refractivity (Wildman–Crippen MR) is 63.2 cm³/mol. The second-order valence-electron chi connectivity index (χ2n) is 3.92. The lowest BCUT2D eigenvalue weighted by Gasteiger charge is -2.14. The van der Waals surface area contributed by atoms with Crippen LogP contribution in [-0.2, 0) is 4.79 Å². The first kappa shape index (κ1) is 10.6. The van der Waals surface area contributed by atoms with Gasteiger partial charge in [0.05, 0.1) is 0 Å². The van der Waals surface area contributed by atoms with Gasteiger partial charge in [0.1, 0.15) is 5.82 Å². The van der Waals surface area contributed by atoms with Gasteiger partial charge < -0.3 is 0 Å². The molecule has 1 aromatic heterocycles. The highest BCUT2D eigenvalue weighted by atomic mass is 79.9. The van der Waals surface area contributed by atoms with Crippen molar-refractivity contribution in [3.8, 4) is 0 Å². The van der Waals surface area contributed by atoms with Crippen molar-refractivity contribution in [3.63, 3.8) is 0 Å². The van der Waals surface area contributed by atoms with Crippen LogP contribution in [0.15, 0.2) is 18.3 Å². The highest BCUT2D eigenvalue weighted by Crippen LogP contribution is 2.24. The molecule has 0 N–H and O–H groups in total. The van der Waals surface area contributed by atoms with E-state index in [0.29, 0.717) is 12.3 Å². The number of aromatic nitrogens is 1. The minimum absolute atomic E-state index is 0.177. The van der Waals surface area contributed by atoms with Crippen molar-refractivity contribution < 1.29 is 4.79 Å². The van der Waals surface area contributed by atoms with Crippen LogP contribution in [0.1, 0.15) is 12.0 Å². The molecule has 1 aromatic rings. The monoisotopic (exact) mass is 268 g/mol. The fourth-order valence-corrected chi connectivity index (χ4v) is 2.16. The molecule has 0 radical (unpaired) electrons. The highest BCUT2D eigenvalue weighted by Gasteiger charge is 2.30. The van der Waals surface area contributed by atoms with Gasteiger partial charge in [0, 0.05) is 24.5 Å². The van der Waals surface area contributed by atoms with Crippen molar-refractivity contribution in [1.29, 1.82) is 0 Å². The highest BCUT2D eigenvalue weighted by molar-refractivity contribution is 9.09. The molecule has 1 aliphatic heterocycles. The summed E-state index contributed by atoms with van der Waals surface area (Å²) in [6.45, 7) is 2.77. The molecule has 1 unspecified atom stereocenters. The Balaban J connectivity index is 2.18. The predicted octanol–water partition coefficient (Wildman–Crippen LogP) is 2.14. The Bertz CT molecular complexity index is 363.